The van der Waals surface area contributed by atoms with Gasteiger partial charge in [0.2, 0.25) is 0 Å². The first-order valence-electron chi connectivity index (χ1n) is 1.65. The Bertz CT molecular complexity index is 59.4. The van der Waals surface area contributed by atoms with Gasteiger partial charge in [0, 0.05) is 719 Å². The molecule has 0 aliphatic rings. The van der Waals surface area contributed by atoms with Crippen LogP contribution in [0.2, 0.25) is 0 Å². The maximum atomic E-state index is 9.38. The summed E-state index contributed by atoms with van der Waals surface area (Å²) in [6, 6.07) is 0. The standard InChI is InChI=1S/C4H7O.21U.2Y/c1-4(2)3-5;;;;;;;;;;;;;;;;;;;;;;;/h4H,1-2H3;;;;;;;;;;;;;;;;;;;;;;;/q-1;;;;;;;;;;;;;;;;;;;;;;;. The fourth-order valence-corrected chi connectivity index (χ4v) is 0. The van der Waals surface area contributed by atoms with Crippen molar-refractivity contribution in [3.8, 4) is 0 Å². The summed E-state index contributed by atoms with van der Waals surface area (Å²) in [4.78, 5) is 9.38. The zero-order chi connectivity index (χ0) is 4.28. The van der Waals surface area contributed by atoms with Gasteiger partial charge in [-0.15, -0.1) is 5.92 Å². The molecular weight excluding hydrogens is 5240 g/mol. The van der Waals surface area contributed by atoms with E-state index < -0.39 is 0 Å². The largest absolute Gasteiger partial charge is 0.542 e. The van der Waals surface area contributed by atoms with Crippen LogP contribution in [-0.4, -0.2) is 6.29 Å². The fourth-order valence-electron chi connectivity index (χ4n) is 0. The first-order valence-corrected chi connectivity index (χ1v) is 1.65. The van der Waals surface area contributed by atoms with E-state index in [-0.39, 0.29) is 725 Å². The monoisotopic (exact) mass is 5250 g/mol. The van der Waals surface area contributed by atoms with E-state index in [4.69, 9.17) is 0 Å². The summed E-state index contributed by atoms with van der Waals surface area (Å²) >= 11 is 0. The molecule has 0 N–H and O–H groups in total. The first kappa shape index (κ1) is 173. The Hall–Kier alpha value is 24.0. The fraction of sp³-hybridized carbons (Fsp3) is 0.750. The molecule has 0 bridgehead atoms. The summed E-state index contributed by atoms with van der Waals surface area (Å²) in [6.07, 6.45) is 1.78. The van der Waals surface area contributed by atoms with Crippen molar-refractivity contribution in [2.75, 3.05) is 0 Å². The van der Waals surface area contributed by atoms with Crippen LogP contribution in [0.4, 0.5) is 0 Å². The molecule has 2 radical (unpaired) electrons. The number of rotatable bonds is 1. The molecule has 28 heavy (non-hydrogen) atoms. The Morgan fingerprint density at radius 2 is 0.393 bits per heavy atom. The average Bonchev–Trinajstić information content (AvgIpc) is 1.38. The van der Waals surface area contributed by atoms with Gasteiger partial charge in [0.05, 0.1) is 0 Å². The Labute approximate surface area is 722 Å². The van der Waals surface area contributed by atoms with Crippen LogP contribution in [-0.2, 0) is 70.2 Å². The van der Waals surface area contributed by atoms with Crippen molar-refractivity contribution >= 4 is 6.29 Å². The summed E-state index contributed by atoms with van der Waals surface area (Å²) < 4.78 is 0. The van der Waals surface area contributed by atoms with E-state index in [1.807, 2.05) is 0 Å². The Morgan fingerprint density at radius 3 is 0.393 bits per heavy atom. The molecule has 1 nitrogen and oxygen atoms in total. The van der Waals surface area contributed by atoms with Gasteiger partial charge in [-0.05, 0) is 0 Å². The minimum Gasteiger partial charge on any atom is -0.542 e. The Balaban J connectivity index is -0.000000000316. The molecule has 120 valence electrons. The third-order valence-corrected chi connectivity index (χ3v) is 0.236. The molecule has 0 aromatic carbocycles. The summed E-state index contributed by atoms with van der Waals surface area (Å²) in [5.41, 5.74) is 0. The molecular formula is C4H7OU21Y2-. The molecule has 0 atom stereocenters. The molecule has 0 saturated carbocycles. The quantitative estimate of drug-likeness (QED) is 0.355. The average molecular weight is 5250 g/mol. The Morgan fingerprint density at radius 1 is 0.357 bits per heavy atom. The molecule has 0 aliphatic carbocycles. The molecule has 0 aromatic rings. The first-order chi connectivity index (χ1) is 2.27. The van der Waals surface area contributed by atoms with Gasteiger partial charge >= 0.3 is 0 Å². The van der Waals surface area contributed by atoms with E-state index in [2.05, 4.69) is 0 Å². The van der Waals surface area contributed by atoms with E-state index in [1.165, 1.54) is 0 Å². The van der Waals surface area contributed by atoms with Crippen molar-refractivity contribution in [3.05, 3.63) is 0 Å². The van der Waals surface area contributed by atoms with Gasteiger partial charge in [-0.2, -0.15) is 0 Å². The maximum Gasteiger partial charge on any atom is 0 e. The summed E-state index contributed by atoms with van der Waals surface area (Å²) in [5.74, 6) is 0.0787. The van der Waals surface area contributed by atoms with Crippen LogP contribution in [0.25, 0.3) is 0 Å². The minimum atomic E-state index is 0. The molecule has 0 heterocycles. The third kappa shape index (κ3) is 178. The van der Waals surface area contributed by atoms with Crippen LogP contribution in [0.5, 0.6) is 0 Å². The van der Waals surface area contributed by atoms with Crippen LogP contribution in [0.15, 0.2) is 0 Å². The topological polar surface area (TPSA) is 17.1 Å². The maximum absolute atomic E-state index is 9.38. The van der Waals surface area contributed by atoms with Crippen LogP contribution >= 0.6 is 0 Å². The van der Waals surface area contributed by atoms with Gasteiger partial charge in [-0.3, -0.25) is 6.29 Å². The molecule has 0 aromatic heterocycles. The SMILES string of the molecule is CC(C)[C-]=O.[U].[U].[U].[U].[U].[U].[U].[U].[U].[U].[U].[U].[U].[U].[U].[U].[U].[U].[U].[U].[U].[Y].[Y]. The molecule has 0 fully saturated rings. The smallest absolute Gasteiger partial charge is 0 e. The van der Waals surface area contributed by atoms with Gasteiger partial charge in [0.1, 0.15) is 0 Å². The van der Waals surface area contributed by atoms with Gasteiger partial charge in [0.15, 0.2) is 0 Å². The van der Waals surface area contributed by atoms with Crippen LogP contribution < -0.4 is 0 Å². The van der Waals surface area contributed by atoms with E-state index >= 15 is 0 Å². The van der Waals surface area contributed by atoms with Crippen molar-refractivity contribution in [1.29, 1.82) is 0 Å². The van der Waals surface area contributed by atoms with Crippen molar-refractivity contribution in [3.63, 3.8) is 0 Å². The summed E-state index contributed by atoms with van der Waals surface area (Å²) in [5, 5.41) is 0. The molecule has 0 rings (SSSR count). The van der Waals surface area contributed by atoms with Crippen LogP contribution in [0, 0.1) is 659 Å². The third-order valence-electron chi connectivity index (χ3n) is 0.236. The number of carbonyl (C=O) groups excluding carboxylic acids is 1. The van der Waals surface area contributed by atoms with E-state index in [1.54, 1.807) is 20.1 Å². The van der Waals surface area contributed by atoms with Crippen molar-refractivity contribution in [2.45, 2.75) is 13.8 Å². The zero-order valence-corrected chi connectivity index (χ0v) is 108. The molecule has 0 unspecified atom stereocenters. The van der Waals surface area contributed by atoms with Crippen LogP contribution in [0.1, 0.15) is 13.8 Å². The Kier molecular flexibility index (Phi) is 1000. The summed E-state index contributed by atoms with van der Waals surface area (Å²) in [7, 11) is 0. The van der Waals surface area contributed by atoms with E-state index in [0.717, 1.165) is 0 Å². The van der Waals surface area contributed by atoms with Gasteiger partial charge in [-0.1, -0.05) is 13.8 Å². The second-order valence-electron chi connectivity index (χ2n) is 1.27. The number of hydrogen-bond acceptors (Lipinski definition) is 1. The molecule has 0 spiro atoms. The molecule has 24 heteroatoms. The predicted molar refractivity (Wildman–Crippen MR) is 20.5 cm³/mol. The second-order valence-corrected chi connectivity index (χ2v) is 1.27. The van der Waals surface area contributed by atoms with Crippen molar-refractivity contribution in [2.24, 2.45) is 5.92 Å². The second kappa shape index (κ2) is 163. The van der Waals surface area contributed by atoms with Crippen molar-refractivity contribution in [1.82, 2.24) is 0 Å². The number of hydrogen-bond donors (Lipinski definition) is 0. The zero-order valence-electron chi connectivity index (χ0n) is 15.1. The van der Waals surface area contributed by atoms with E-state index in [0.29, 0.717) is 0 Å². The van der Waals surface area contributed by atoms with Crippen LogP contribution in [0.3, 0.4) is 0 Å². The molecule has 0 aliphatic heterocycles. The summed E-state index contributed by atoms with van der Waals surface area (Å²) in [6.45, 7) is 3.60. The molecule has 0 amide bonds. The predicted octanol–water partition coefficient (Wildman–Crippen LogP) is 0.747. The van der Waals surface area contributed by atoms with Gasteiger partial charge < -0.3 is 4.79 Å². The normalized spacial score (nSPS) is 1.54. The van der Waals surface area contributed by atoms with Gasteiger partial charge in [-0.25, -0.2) is 0 Å². The minimum absolute atomic E-state index is 0. The molecule has 0 saturated heterocycles. The van der Waals surface area contributed by atoms with Gasteiger partial charge in [0.25, 0.3) is 0 Å². The van der Waals surface area contributed by atoms with Crippen molar-refractivity contribution < 1.29 is 724 Å². The van der Waals surface area contributed by atoms with E-state index in [9.17, 15) is 4.79 Å².